The number of carbonyl (C=O) groups is 1. The summed E-state index contributed by atoms with van der Waals surface area (Å²) in [5.41, 5.74) is 1.56. The van der Waals surface area contributed by atoms with Crippen molar-refractivity contribution in [3.8, 4) is 0 Å². The Hall–Kier alpha value is -1.58. The summed E-state index contributed by atoms with van der Waals surface area (Å²) >= 11 is 0. The van der Waals surface area contributed by atoms with Gasteiger partial charge in [-0.2, -0.15) is 0 Å². The summed E-state index contributed by atoms with van der Waals surface area (Å²) in [6.07, 6.45) is 6.65. The van der Waals surface area contributed by atoms with Crippen molar-refractivity contribution in [1.82, 2.24) is 9.88 Å². The first-order chi connectivity index (χ1) is 8.24. The highest BCUT2D eigenvalue weighted by molar-refractivity contribution is 5.99. The molecule has 2 rings (SSSR count). The van der Waals surface area contributed by atoms with Crippen molar-refractivity contribution in [3.63, 3.8) is 0 Å². The lowest BCUT2D eigenvalue weighted by Gasteiger charge is -2.18. The van der Waals surface area contributed by atoms with Gasteiger partial charge in [-0.3, -0.25) is 9.78 Å². The van der Waals surface area contributed by atoms with E-state index in [2.05, 4.69) is 17.2 Å². The maximum atomic E-state index is 12.3. The third kappa shape index (κ3) is 2.75. The second-order valence-electron chi connectivity index (χ2n) is 4.50. The van der Waals surface area contributed by atoms with Crippen molar-refractivity contribution in [2.24, 2.45) is 0 Å². The number of anilines is 1. The molecule has 1 N–H and O–H groups in total. The van der Waals surface area contributed by atoms with Gasteiger partial charge in [-0.05, 0) is 25.3 Å². The van der Waals surface area contributed by atoms with E-state index in [1.54, 1.807) is 12.4 Å². The van der Waals surface area contributed by atoms with Crippen LogP contribution in [-0.2, 0) is 0 Å². The highest BCUT2D eigenvalue weighted by atomic mass is 16.2. The van der Waals surface area contributed by atoms with Crippen LogP contribution in [0.3, 0.4) is 0 Å². The average Bonchev–Trinajstić information content (AvgIpc) is 3.19. The number of amides is 1. The van der Waals surface area contributed by atoms with Gasteiger partial charge in [0.2, 0.25) is 0 Å². The van der Waals surface area contributed by atoms with Crippen LogP contribution in [0.1, 0.15) is 36.5 Å². The lowest BCUT2D eigenvalue weighted by Crippen LogP contribution is -2.29. The van der Waals surface area contributed by atoms with Crippen LogP contribution in [0.15, 0.2) is 18.5 Å². The van der Waals surface area contributed by atoms with Gasteiger partial charge in [0.25, 0.3) is 5.91 Å². The quantitative estimate of drug-likeness (QED) is 0.847. The van der Waals surface area contributed by atoms with Crippen molar-refractivity contribution < 1.29 is 4.79 Å². The van der Waals surface area contributed by atoms with Gasteiger partial charge in [0.15, 0.2) is 0 Å². The molecule has 92 valence electrons. The fourth-order valence-electron chi connectivity index (χ4n) is 1.80. The lowest BCUT2D eigenvalue weighted by atomic mass is 10.2. The first kappa shape index (κ1) is 11.9. The number of nitrogens with zero attached hydrogens (tertiary/aromatic N) is 2. The number of aromatic nitrogens is 1. The molecule has 0 bridgehead atoms. The summed E-state index contributed by atoms with van der Waals surface area (Å²) in [6.45, 7) is 2.98. The lowest BCUT2D eigenvalue weighted by molar-refractivity contribution is 0.0785. The Morgan fingerprint density at radius 1 is 1.59 bits per heavy atom. The summed E-state index contributed by atoms with van der Waals surface area (Å²) in [7, 11) is 1.87. The molecule has 4 nitrogen and oxygen atoms in total. The van der Waals surface area contributed by atoms with E-state index >= 15 is 0 Å². The summed E-state index contributed by atoms with van der Waals surface area (Å²) in [4.78, 5) is 18.1. The molecule has 1 heterocycles. The Bertz CT molecular complexity index is 401. The predicted molar refractivity (Wildman–Crippen MR) is 68.1 cm³/mol. The molecule has 1 aromatic heterocycles. The van der Waals surface area contributed by atoms with Crippen molar-refractivity contribution in [3.05, 3.63) is 24.0 Å². The first-order valence-corrected chi connectivity index (χ1v) is 6.19. The zero-order valence-electron chi connectivity index (χ0n) is 10.4. The minimum absolute atomic E-state index is 0.0687. The van der Waals surface area contributed by atoms with Crippen molar-refractivity contribution in [1.29, 1.82) is 0 Å². The largest absolute Gasteiger partial charge is 0.384 e. The fourth-order valence-corrected chi connectivity index (χ4v) is 1.80. The number of rotatable bonds is 5. The van der Waals surface area contributed by atoms with Crippen molar-refractivity contribution in [2.75, 3.05) is 18.9 Å². The second kappa shape index (κ2) is 5.17. The Morgan fingerprint density at radius 3 is 3.00 bits per heavy atom. The number of pyridine rings is 1. The topological polar surface area (TPSA) is 45.2 Å². The minimum Gasteiger partial charge on any atom is -0.384 e. The number of hydrogen-bond donors (Lipinski definition) is 1. The van der Waals surface area contributed by atoms with Gasteiger partial charge in [-0.25, -0.2) is 0 Å². The average molecular weight is 233 g/mol. The van der Waals surface area contributed by atoms with Gasteiger partial charge >= 0.3 is 0 Å². The van der Waals surface area contributed by atoms with Crippen LogP contribution < -0.4 is 5.32 Å². The van der Waals surface area contributed by atoms with Gasteiger partial charge in [0.1, 0.15) is 0 Å². The summed E-state index contributed by atoms with van der Waals surface area (Å²) in [6, 6.07) is 2.30. The normalized spacial score (nSPS) is 14.5. The molecule has 17 heavy (non-hydrogen) atoms. The zero-order chi connectivity index (χ0) is 12.3. The molecule has 0 aliphatic heterocycles. The van der Waals surface area contributed by atoms with Crippen molar-refractivity contribution >= 4 is 11.6 Å². The van der Waals surface area contributed by atoms with Crippen LogP contribution in [0.5, 0.6) is 0 Å². The molecule has 1 aliphatic carbocycles. The van der Waals surface area contributed by atoms with Gasteiger partial charge in [0, 0.05) is 32.0 Å². The molecular formula is C13H19N3O. The predicted octanol–water partition coefficient (Wildman–Crippen LogP) is 2.14. The summed E-state index contributed by atoms with van der Waals surface area (Å²) < 4.78 is 0. The minimum atomic E-state index is 0.0687. The molecule has 1 aromatic rings. The standard InChI is InChI=1S/C13H19N3O/c1-3-7-15-12-6-8-14-9-11(12)13(17)16(2)10-4-5-10/h6,8-10H,3-5,7H2,1-2H3,(H,14,15). The molecular weight excluding hydrogens is 214 g/mol. The van der Waals surface area contributed by atoms with Crippen LogP contribution in [0, 0.1) is 0 Å². The monoisotopic (exact) mass is 233 g/mol. The van der Waals surface area contributed by atoms with E-state index < -0.39 is 0 Å². The number of hydrogen-bond acceptors (Lipinski definition) is 3. The maximum Gasteiger partial charge on any atom is 0.257 e. The second-order valence-corrected chi connectivity index (χ2v) is 4.50. The molecule has 0 spiro atoms. The molecule has 0 unspecified atom stereocenters. The number of nitrogens with one attached hydrogen (secondary N) is 1. The summed E-state index contributed by atoms with van der Waals surface area (Å²) in [5.74, 6) is 0.0687. The van der Waals surface area contributed by atoms with E-state index in [0.29, 0.717) is 11.6 Å². The Morgan fingerprint density at radius 2 is 2.35 bits per heavy atom. The molecule has 0 saturated heterocycles. The summed E-state index contributed by atoms with van der Waals surface area (Å²) in [5, 5.41) is 3.27. The Balaban J connectivity index is 2.15. The molecule has 0 radical (unpaired) electrons. The fraction of sp³-hybridized carbons (Fsp3) is 0.538. The van der Waals surface area contributed by atoms with E-state index in [1.165, 1.54) is 0 Å². The molecule has 1 saturated carbocycles. The smallest absolute Gasteiger partial charge is 0.257 e. The van der Waals surface area contributed by atoms with Crippen molar-refractivity contribution in [2.45, 2.75) is 32.2 Å². The van der Waals surface area contributed by atoms with Crippen LogP contribution >= 0.6 is 0 Å². The SMILES string of the molecule is CCCNc1ccncc1C(=O)N(C)C1CC1. The molecule has 1 amide bonds. The van der Waals surface area contributed by atoms with E-state index in [0.717, 1.165) is 31.5 Å². The van der Waals surface area contributed by atoms with E-state index in [9.17, 15) is 4.79 Å². The molecule has 4 heteroatoms. The molecule has 0 atom stereocenters. The first-order valence-electron chi connectivity index (χ1n) is 6.19. The van der Waals surface area contributed by atoms with E-state index in [4.69, 9.17) is 0 Å². The molecule has 1 fully saturated rings. The maximum absolute atomic E-state index is 12.3. The highest BCUT2D eigenvalue weighted by Gasteiger charge is 2.30. The zero-order valence-corrected chi connectivity index (χ0v) is 10.4. The van der Waals surface area contributed by atoms with E-state index in [-0.39, 0.29) is 5.91 Å². The van der Waals surface area contributed by atoms with Gasteiger partial charge in [0.05, 0.1) is 11.3 Å². The van der Waals surface area contributed by atoms with Crippen LogP contribution in [0.4, 0.5) is 5.69 Å². The van der Waals surface area contributed by atoms with Gasteiger partial charge < -0.3 is 10.2 Å². The number of carbonyl (C=O) groups excluding carboxylic acids is 1. The van der Waals surface area contributed by atoms with E-state index in [1.807, 2.05) is 18.0 Å². The third-order valence-corrected chi connectivity index (χ3v) is 3.03. The van der Waals surface area contributed by atoms with Crippen LogP contribution in [0.25, 0.3) is 0 Å². The third-order valence-electron chi connectivity index (χ3n) is 3.03. The Labute approximate surface area is 102 Å². The van der Waals surface area contributed by atoms with Gasteiger partial charge in [-0.15, -0.1) is 0 Å². The Kier molecular flexibility index (Phi) is 3.61. The van der Waals surface area contributed by atoms with Gasteiger partial charge in [-0.1, -0.05) is 6.92 Å². The molecule has 0 aromatic carbocycles. The molecule has 1 aliphatic rings. The van der Waals surface area contributed by atoms with Crippen LogP contribution in [-0.4, -0.2) is 35.4 Å². The van der Waals surface area contributed by atoms with Crippen LogP contribution in [0.2, 0.25) is 0 Å². The highest BCUT2D eigenvalue weighted by Crippen LogP contribution is 2.27.